The van der Waals surface area contributed by atoms with Crippen LogP contribution in [0, 0.1) is 5.82 Å². The van der Waals surface area contributed by atoms with Crippen molar-refractivity contribution in [2.75, 3.05) is 19.6 Å². The molecule has 1 atom stereocenters. The number of hydrogen-bond acceptors (Lipinski definition) is 2. The first-order chi connectivity index (χ1) is 8.68. The van der Waals surface area contributed by atoms with Gasteiger partial charge in [0.15, 0.2) is 0 Å². The minimum atomic E-state index is -0.217. The van der Waals surface area contributed by atoms with Crippen LogP contribution in [0.1, 0.15) is 32.4 Å². The molecule has 0 radical (unpaired) electrons. The van der Waals surface area contributed by atoms with Gasteiger partial charge in [0.1, 0.15) is 5.82 Å². The third-order valence-electron chi connectivity index (χ3n) is 2.90. The van der Waals surface area contributed by atoms with E-state index in [0.717, 1.165) is 0 Å². The molecule has 1 aromatic rings. The minimum absolute atomic E-state index is 0.0443. The first-order valence-corrected chi connectivity index (χ1v) is 6.42. The Labute approximate surface area is 108 Å². The lowest BCUT2D eigenvalue weighted by atomic mass is 10.0. The predicted molar refractivity (Wildman–Crippen MR) is 70.7 cm³/mol. The van der Waals surface area contributed by atoms with E-state index in [2.05, 4.69) is 5.32 Å². The molecule has 0 aliphatic carbocycles. The van der Waals surface area contributed by atoms with Crippen molar-refractivity contribution in [2.45, 2.75) is 26.8 Å². The maximum Gasteiger partial charge on any atom is 0.219 e. The second kappa shape index (κ2) is 7.11. The summed E-state index contributed by atoms with van der Waals surface area (Å²) in [6, 6.07) is 6.59. The zero-order chi connectivity index (χ0) is 13.5. The second-order valence-corrected chi connectivity index (χ2v) is 3.99. The van der Waals surface area contributed by atoms with Crippen LogP contribution in [0.4, 0.5) is 4.39 Å². The molecule has 1 N–H and O–H groups in total. The van der Waals surface area contributed by atoms with Gasteiger partial charge in [0.05, 0.1) is 6.04 Å². The molecule has 1 aromatic carbocycles. The summed E-state index contributed by atoms with van der Waals surface area (Å²) in [6.07, 6.45) is 0. The van der Waals surface area contributed by atoms with E-state index in [0.29, 0.717) is 25.2 Å². The van der Waals surface area contributed by atoms with E-state index < -0.39 is 0 Å². The van der Waals surface area contributed by atoms with Crippen molar-refractivity contribution in [3.8, 4) is 0 Å². The molecule has 0 spiro atoms. The minimum Gasteiger partial charge on any atom is -0.340 e. The molecule has 0 bridgehead atoms. The Balaban J connectivity index is 0.000000771. The van der Waals surface area contributed by atoms with Crippen LogP contribution in [0.15, 0.2) is 24.3 Å². The largest absolute Gasteiger partial charge is 0.340 e. The summed E-state index contributed by atoms with van der Waals surface area (Å²) in [4.78, 5) is 13.0. The fraction of sp³-hybridized carbons (Fsp3) is 0.500. The highest BCUT2D eigenvalue weighted by Gasteiger charge is 2.23. The highest BCUT2D eigenvalue weighted by Crippen LogP contribution is 2.19. The van der Waals surface area contributed by atoms with E-state index in [-0.39, 0.29) is 17.8 Å². The number of hydrogen-bond donors (Lipinski definition) is 1. The van der Waals surface area contributed by atoms with Gasteiger partial charge in [0.25, 0.3) is 0 Å². The molecular formula is C14H21FN2O. The Morgan fingerprint density at radius 3 is 2.67 bits per heavy atom. The molecular weight excluding hydrogens is 231 g/mol. The Morgan fingerprint density at radius 2 is 2.06 bits per heavy atom. The average Bonchev–Trinajstić information content (AvgIpc) is 2.42. The summed E-state index contributed by atoms with van der Waals surface area (Å²) in [6.45, 7) is 7.48. The van der Waals surface area contributed by atoms with E-state index in [9.17, 15) is 9.18 Å². The number of piperazine rings is 1. The normalized spacial score (nSPS) is 18.9. The van der Waals surface area contributed by atoms with Crippen LogP contribution in [0.5, 0.6) is 0 Å². The molecule has 1 fully saturated rings. The Bertz CT molecular complexity index is 395. The van der Waals surface area contributed by atoms with Gasteiger partial charge in [-0.3, -0.25) is 4.79 Å². The van der Waals surface area contributed by atoms with Crippen molar-refractivity contribution >= 4 is 5.91 Å². The molecule has 1 aliphatic rings. The highest BCUT2D eigenvalue weighted by molar-refractivity contribution is 5.73. The molecule has 100 valence electrons. The van der Waals surface area contributed by atoms with Gasteiger partial charge in [-0.05, 0) is 6.07 Å². The number of nitrogens with zero attached hydrogens (tertiary/aromatic N) is 1. The Kier molecular flexibility index (Phi) is 5.78. The number of amides is 1. The number of halogens is 1. The van der Waals surface area contributed by atoms with Crippen LogP contribution in [-0.2, 0) is 4.79 Å². The van der Waals surface area contributed by atoms with Gasteiger partial charge in [0, 0.05) is 32.1 Å². The van der Waals surface area contributed by atoms with E-state index in [4.69, 9.17) is 0 Å². The van der Waals surface area contributed by atoms with Gasteiger partial charge in [-0.25, -0.2) is 4.39 Å². The Hall–Kier alpha value is -1.42. The van der Waals surface area contributed by atoms with Crippen molar-refractivity contribution in [1.29, 1.82) is 0 Å². The smallest absolute Gasteiger partial charge is 0.219 e. The first kappa shape index (κ1) is 14.6. The van der Waals surface area contributed by atoms with Crippen molar-refractivity contribution in [1.82, 2.24) is 10.2 Å². The second-order valence-electron chi connectivity index (χ2n) is 3.99. The highest BCUT2D eigenvalue weighted by atomic mass is 19.1. The number of nitrogens with one attached hydrogen (secondary N) is 1. The van der Waals surface area contributed by atoms with E-state index in [1.807, 2.05) is 19.9 Å². The molecule has 0 aromatic heterocycles. The number of rotatable bonds is 1. The molecule has 4 heteroatoms. The van der Waals surface area contributed by atoms with Gasteiger partial charge >= 0.3 is 0 Å². The molecule has 1 heterocycles. The number of benzene rings is 1. The summed E-state index contributed by atoms with van der Waals surface area (Å²) in [5.41, 5.74) is 0.633. The molecule has 2 rings (SSSR count). The van der Waals surface area contributed by atoms with Crippen LogP contribution in [-0.4, -0.2) is 30.4 Å². The van der Waals surface area contributed by atoms with Crippen molar-refractivity contribution in [3.05, 3.63) is 35.6 Å². The van der Waals surface area contributed by atoms with Gasteiger partial charge in [0.2, 0.25) is 5.91 Å². The van der Waals surface area contributed by atoms with Crippen LogP contribution in [0.25, 0.3) is 0 Å². The molecule has 18 heavy (non-hydrogen) atoms. The fourth-order valence-corrected chi connectivity index (χ4v) is 2.00. The molecule has 1 aliphatic heterocycles. The monoisotopic (exact) mass is 252 g/mol. The van der Waals surface area contributed by atoms with Crippen molar-refractivity contribution < 1.29 is 9.18 Å². The van der Waals surface area contributed by atoms with E-state index >= 15 is 0 Å². The molecule has 1 unspecified atom stereocenters. The molecule has 3 nitrogen and oxygen atoms in total. The first-order valence-electron chi connectivity index (χ1n) is 6.42. The summed E-state index contributed by atoms with van der Waals surface area (Å²) in [5.74, 6) is -0.173. The lowest BCUT2D eigenvalue weighted by Gasteiger charge is -2.33. The maximum atomic E-state index is 13.6. The third-order valence-corrected chi connectivity index (χ3v) is 2.90. The lowest BCUT2D eigenvalue weighted by molar-refractivity contribution is -0.130. The van der Waals surface area contributed by atoms with Crippen LogP contribution in [0.3, 0.4) is 0 Å². The molecule has 1 saturated heterocycles. The van der Waals surface area contributed by atoms with E-state index in [1.54, 1.807) is 24.0 Å². The van der Waals surface area contributed by atoms with Gasteiger partial charge in [-0.15, -0.1) is 0 Å². The summed E-state index contributed by atoms with van der Waals surface area (Å²) < 4.78 is 13.6. The van der Waals surface area contributed by atoms with Gasteiger partial charge in [-0.1, -0.05) is 32.0 Å². The van der Waals surface area contributed by atoms with E-state index in [1.165, 1.54) is 6.07 Å². The zero-order valence-corrected chi connectivity index (χ0v) is 11.2. The average molecular weight is 252 g/mol. The lowest BCUT2D eigenvalue weighted by Crippen LogP contribution is -2.47. The van der Waals surface area contributed by atoms with Crippen LogP contribution in [0.2, 0.25) is 0 Å². The number of carbonyl (C=O) groups excluding carboxylic acids is 1. The summed E-state index contributed by atoms with van der Waals surface area (Å²) in [5, 5.41) is 3.23. The third kappa shape index (κ3) is 3.53. The zero-order valence-electron chi connectivity index (χ0n) is 11.2. The Morgan fingerprint density at radius 1 is 1.39 bits per heavy atom. The predicted octanol–water partition coefficient (Wildman–Crippen LogP) is 2.34. The van der Waals surface area contributed by atoms with Crippen LogP contribution >= 0.6 is 0 Å². The molecule has 1 amide bonds. The summed E-state index contributed by atoms with van der Waals surface area (Å²) in [7, 11) is 0. The van der Waals surface area contributed by atoms with Gasteiger partial charge in [-0.2, -0.15) is 0 Å². The topological polar surface area (TPSA) is 32.3 Å². The number of carbonyl (C=O) groups is 1. The standard InChI is InChI=1S/C12H15FN2O.C2H6/c1-9(16)15-7-6-14-12(8-15)10-4-2-3-5-11(10)13;1-2/h2-5,12,14H,6-8H2,1H3;1-2H3. The van der Waals surface area contributed by atoms with Gasteiger partial charge < -0.3 is 10.2 Å². The summed E-state index contributed by atoms with van der Waals surface area (Å²) >= 11 is 0. The quantitative estimate of drug-likeness (QED) is 0.832. The van der Waals surface area contributed by atoms with Crippen molar-refractivity contribution in [3.63, 3.8) is 0 Å². The van der Waals surface area contributed by atoms with Crippen molar-refractivity contribution in [2.24, 2.45) is 0 Å². The fourth-order valence-electron chi connectivity index (χ4n) is 2.00. The SMILES string of the molecule is CC.CC(=O)N1CCNC(c2ccccc2F)C1. The molecule has 0 saturated carbocycles. The van der Waals surface area contributed by atoms with Crippen LogP contribution < -0.4 is 5.32 Å². The maximum absolute atomic E-state index is 13.6.